The van der Waals surface area contributed by atoms with Crippen molar-refractivity contribution in [2.24, 2.45) is 0 Å². The van der Waals surface area contributed by atoms with E-state index in [4.69, 9.17) is 4.74 Å². The number of piperidine rings is 2. The molecule has 3 fully saturated rings. The number of rotatable bonds is 3. The van der Waals surface area contributed by atoms with Crippen LogP contribution in [0, 0.1) is 0 Å². The molecule has 4 aliphatic rings. The summed E-state index contributed by atoms with van der Waals surface area (Å²) in [6.45, 7) is 3.05. The van der Waals surface area contributed by atoms with Gasteiger partial charge in [0.25, 0.3) is 5.91 Å². The molecule has 3 amide bonds. The average Bonchev–Trinajstić information content (AvgIpc) is 3.45. The Hall–Kier alpha value is -3.11. The molecule has 178 valence electrons. The summed E-state index contributed by atoms with van der Waals surface area (Å²) in [7, 11) is 0. The fourth-order valence-corrected chi connectivity index (χ4v) is 5.78. The highest BCUT2D eigenvalue weighted by molar-refractivity contribution is 6.05. The molecule has 2 N–H and O–H groups in total. The fourth-order valence-electron chi connectivity index (χ4n) is 5.78. The van der Waals surface area contributed by atoms with Crippen molar-refractivity contribution in [1.29, 1.82) is 0 Å². The number of hydrogen-bond donors (Lipinski definition) is 2. The summed E-state index contributed by atoms with van der Waals surface area (Å²) < 4.78 is 8.17. The van der Waals surface area contributed by atoms with Crippen molar-refractivity contribution >= 4 is 17.7 Å². The number of nitrogens with one attached hydrogen (secondary N) is 2. The minimum atomic E-state index is -0.613. The summed E-state index contributed by atoms with van der Waals surface area (Å²) in [5.41, 5.74) is 3.06. The van der Waals surface area contributed by atoms with Gasteiger partial charge in [0.15, 0.2) is 0 Å². The topological polar surface area (TPSA) is 118 Å². The highest BCUT2D eigenvalue weighted by Crippen LogP contribution is 2.38. The molecule has 2 aromatic rings. The maximum atomic E-state index is 12.9. The minimum absolute atomic E-state index is 0.0618. The number of imide groups is 1. The summed E-state index contributed by atoms with van der Waals surface area (Å²) >= 11 is 0. The van der Waals surface area contributed by atoms with Crippen molar-refractivity contribution in [1.82, 2.24) is 30.5 Å². The second-order valence-corrected chi connectivity index (χ2v) is 9.78. The highest BCUT2D eigenvalue weighted by Gasteiger charge is 2.40. The molecule has 3 saturated heterocycles. The number of amides is 3. The van der Waals surface area contributed by atoms with Crippen LogP contribution in [0.5, 0.6) is 0 Å². The number of benzene rings is 1. The highest BCUT2D eigenvalue weighted by atomic mass is 16.5. The molecule has 10 nitrogen and oxygen atoms in total. The van der Waals surface area contributed by atoms with Gasteiger partial charge in [-0.15, -0.1) is 5.10 Å². The van der Waals surface area contributed by atoms with E-state index in [2.05, 4.69) is 20.9 Å². The lowest BCUT2D eigenvalue weighted by molar-refractivity contribution is -0.136. The van der Waals surface area contributed by atoms with Crippen LogP contribution in [0.3, 0.4) is 0 Å². The normalized spacial score (nSPS) is 26.6. The number of nitrogens with zero attached hydrogens (tertiary/aromatic N) is 4. The number of carbonyl (C=O) groups is 3. The lowest BCUT2D eigenvalue weighted by atomic mass is 9.83. The van der Waals surface area contributed by atoms with E-state index in [-0.39, 0.29) is 29.9 Å². The van der Waals surface area contributed by atoms with E-state index in [9.17, 15) is 14.4 Å². The first kappa shape index (κ1) is 21.4. The number of aromatic nitrogens is 3. The Kier molecular flexibility index (Phi) is 5.22. The van der Waals surface area contributed by atoms with Gasteiger partial charge in [0.2, 0.25) is 11.8 Å². The van der Waals surface area contributed by atoms with Gasteiger partial charge in [-0.25, -0.2) is 4.68 Å². The van der Waals surface area contributed by atoms with Crippen molar-refractivity contribution < 1.29 is 19.1 Å². The van der Waals surface area contributed by atoms with Crippen LogP contribution in [-0.2, 0) is 20.9 Å². The summed E-state index contributed by atoms with van der Waals surface area (Å²) in [5.74, 6) is -0.857. The number of ether oxygens (including phenoxy) is 1. The smallest absolute Gasteiger partial charge is 0.255 e. The molecule has 6 rings (SSSR count). The predicted octanol–water partition coefficient (Wildman–Crippen LogP) is 1.18. The molecular weight excluding hydrogens is 436 g/mol. The van der Waals surface area contributed by atoms with Crippen LogP contribution in [0.4, 0.5) is 0 Å². The second kappa shape index (κ2) is 8.28. The van der Waals surface area contributed by atoms with Crippen LogP contribution in [0.2, 0.25) is 0 Å². The quantitative estimate of drug-likeness (QED) is 0.655. The van der Waals surface area contributed by atoms with E-state index in [0.29, 0.717) is 18.5 Å². The molecule has 2 atom stereocenters. The third-order valence-electron chi connectivity index (χ3n) is 7.69. The van der Waals surface area contributed by atoms with Crippen LogP contribution >= 0.6 is 0 Å². The van der Waals surface area contributed by atoms with Gasteiger partial charge < -0.3 is 15.0 Å². The van der Waals surface area contributed by atoms with Crippen molar-refractivity contribution in [3.05, 3.63) is 35.5 Å². The molecule has 1 aromatic heterocycles. The van der Waals surface area contributed by atoms with Gasteiger partial charge in [0.1, 0.15) is 11.7 Å². The van der Waals surface area contributed by atoms with Crippen LogP contribution in [0.15, 0.2) is 24.4 Å². The third-order valence-corrected chi connectivity index (χ3v) is 7.69. The van der Waals surface area contributed by atoms with E-state index in [1.54, 1.807) is 11.0 Å². The summed E-state index contributed by atoms with van der Waals surface area (Å²) in [5, 5.41) is 14.6. The molecule has 0 saturated carbocycles. The molecule has 34 heavy (non-hydrogen) atoms. The van der Waals surface area contributed by atoms with Crippen LogP contribution in [0.1, 0.15) is 60.5 Å². The largest absolute Gasteiger partial charge is 0.375 e. The van der Waals surface area contributed by atoms with Crippen LogP contribution < -0.4 is 10.6 Å². The van der Waals surface area contributed by atoms with Crippen molar-refractivity contribution in [3.63, 3.8) is 0 Å². The molecule has 0 radical (unpaired) electrons. The molecule has 10 heteroatoms. The van der Waals surface area contributed by atoms with Gasteiger partial charge in [-0.2, -0.15) is 0 Å². The zero-order valence-electron chi connectivity index (χ0n) is 19.0. The van der Waals surface area contributed by atoms with Crippen molar-refractivity contribution in [3.8, 4) is 11.3 Å². The maximum Gasteiger partial charge on any atom is 0.255 e. The summed E-state index contributed by atoms with van der Waals surface area (Å²) in [6, 6.07) is 5.30. The zero-order valence-corrected chi connectivity index (χ0v) is 19.0. The number of hydrogen-bond acceptors (Lipinski definition) is 7. The Morgan fingerprint density at radius 2 is 1.97 bits per heavy atom. The van der Waals surface area contributed by atoms with E-state index >= 15 is 0 Å². The first-order valence-corrected chi connectivity index (χ1v) is 12.1. The monoisotopic (exact) mass is 464 g/mol. The Morgan fingerprint density at radius 1 is 1.12 bits per heavy atom. The number of carbonyl (C=O) groups excluding carboxylic acids is 3. The van der Waals surface area contributed by atoms with E-state index in [1.807, 2.05) is 23.0 Å². The van der Waals surface area contributed by atoms with Crippen LogP contribution in [0.25, 0.3) is 11.3 Å². The van der Waals surface area contributed by atoms with Gasteiger partial charge in [0, 0.05) is 30.7 Å². The van der Waals surface area contributed by atoms with E-state index in [1.165, 1.54) is 0 Å². The predicted molar refractivity (Wildman–Crippen MR) is 121 cm³/mol. The Labute approximate surface area is 197 Å². The molecular formula is C24H28N6O4. The maximum absolute atomic E-state index is 12.9. The first-order valence-electron chi connectivity index (χ1n) is 12.1. The average molecular weight is 465 g/mol. The van der Waals surface area contributed by atoms with Gasteiger partial charge in [-0.1, -0.05) is 11.3 Å². The summed E-state index contributed by atoms with van der Waals surface area (Å²) in [4.78, 5) is 38.3. The zero-order chi connectivity index (χ0) is 23.3. The minimum Gasteiger partial charge on any atom is -0.375 e. The van der Waals surface area contributed by atoms with Crippen LogP contribution in [-0.4, -0.2) is 69.0 Å². The molecule has 5 heterocycles. The molecule has 1 aromatic carbocycles. The lowest BCUT2D eigenvalue weighted by Gasteiger charge is -2.43. The fraction of sp³-hybridized carbons (Fsp3) is 0.542. The molecule has 0 aliphatic carbocycles. The summed E-state index contributed by atoms with van der Waals surface area (Å²) in [6.07, 6.45) is 6.49. The Morgan fingerprint density at radius 3 is 2.79 bits per heavy atom. The van der Waals surface area contributed by atoms with E-state index < -0.39 is 11.9 Å². The van der Waals surface area contributed by atoms with Gasteiger partial charge in [-0.05, 0) is 62.9 Å². The number of fused-ring (bicyclic) bond motifs is 1. The van der Waals surface area contributed by atoms with Crippen molar-refractivity contribution in [2.75, 3.05) is 19.7 Å². The molecule has 1 spiro atoms. The second-order valence-electron chi connectivity index (χ2n) is 9.78. The Bertz CT molecular complexity index is 1150. The van der Waals surface area contributed by atoms with Gasteiger partial charge in [-0.3, -0.25) is 19.7 Å². The van der Waals surface area contributed by atoms with E-state index in [0.717, 1.165) is 62.2 Å². The molecule has 4 aliphatic heterocycles. The lowest BCUT2D eigenvalue weighted by Crippen LogP contribution is -2.52. The third kappa shape index (κ3) is 3.70. The van der Waals surface area contributed by atoms with Gasteiger partial charge >= 0.3 is 0 Å². The van der Waals surface area contributed by atoms with Gasteiger partial charge in [0.05, 0.1) is 17.8 Å². The SMILES string of the molecule is O=C1CCC(N2Cc3cc(-c4cn(C5CCOC6(CCNCC6)C5)nn4)ccc3C2=O)C(=O)N1. The standard InChI is InChI=1S/C24H28N6O4/c31-21-4-3-20(22(32)26-21)29-13-16-11-15(1-2-18(16)23(29)33)19-14-30(28-27-19)17-5-10-34-24(12-17)6-8-25-9-7-24/h1-2,11,14,17,20,25H,3-10,12-13H2,(H,26,31,32). The van der Waals surface area contributed by atoms with Crippen molar-refractivity contribution in [2.45, 2.75) is 62.8 Å². The molecule has 2 unspecified atom stereocenters. The molecule has 0 bridgehead atoms. The Balaban J connectivity index is 1.20. The first-order chi connectivity index (χ1) is 16.5.